The zero-order valence-corrected chi connectivity index (χ0v) is 20.1. The highest BCUT2D eigenvalue weighted by Crippen LogP contribution is 2.34. The maximum atomic E-state index is 13.1. The van der Waals surface area contributed by atoms with Crippen LogP contribution < -0.4 is 9.47 Å². The van der Waals surface area contributed by atoms with Crippen LogP contribution in [-0.4, -0.2) is 26.5 Å². The van der Waals surface area contributed by atoms with E-state index in [2.05, 4.69) is 5.10 Å². The lowest BCUT2D eigenvalue weighted by Crippen LogP contribution is -2.38. The standard InChI is InChI=1S/C27H25F3N2O4/c1-16-15-20(13-14-23(16)36-26(3,4)25(33)34)35-17(2)24-21-7-5-6-8-22(21)31-32(24)19-11-9-18(10-12-19)27(28,29)30/h5-15,17H,1-4H3,(H,33,34). The molecule has 0 spiro atoms. The average molecular weight is 499 g/mol. The number of ether oxygens (including phenoxy) is 2. The van der Waals surface area contributed by atoms with Crippen molar-refractivity contribution in [3.05, 3.63) is 83.6 Å². The molecule has 0 aliphatic heterocycles. The van der Waals surface area contributed by atoms with Crippen LogP contribution in [0.2, 0.25) is 0 Å². The van der Waals surface area contributed by atoms with Crippen LogP contribution in [0.15, 0.2) is 66.7 Å². The van der Waals surface area contributed by atoms with Crippen LogP contribution in [0.4, 0.5) is 13.2 Å². The second kappa shape index (κ2) is 9.22. The van der Waals surface area contributed by atoms with Crippen LogP contribution in [0.5, 0.6) is 11.5 Å². The zero-order valence-electron chi connectivity index (χ0n) is 20.1. The highest BCUT2D eigenvalue weighted by atomic mass is 19.4. The van der Waals surface area contributed by atoms with E-state index < -0.39 is 29.4 Å². The molecule has 1 aromatic heterocycles. The second-order valence-corrected chi connectivity index (χ2v) is 8.96. The zero-order chi connectivity index (χ0) is 26.3. The third-order valence-electron chi connectivity index (χ3n) is 5.78. The van der Waals surface area contributed by atoms with Crippen LogP contribution in [0.1, 0.15) is 43.7 Å². The molecule has 0 radical (unpaired) electrons. The third kappa shape index (κ3) is 5.00. The quantitative estimate of drug-likeness (QED) is 0.306. The van der Waals surface area contributed by atoms with Crippen molar-refractivity contribution in [3.63, 3.8) is 0 Å². The minimum absolute atomic E-state index is 0.419. The predicted octanol–water partition coefficient (Wildman–Crippen LogP) is 6.73. The summed E-state index contributed by atoms with van der Waals surface area (Å²) >= 11 is 0. The summed E-state index contributed by atoms with van der Waals surface area (Å²) in [5.74, 6) is -0.147. The van der Waals surface area contributed by atoms with Crippen LogP contribution >= 0.6 is 0 Å². The van der Waals surface area contributed by atoms with Gasteiger partial charge in [0.15, 0.2) is 5.60 Å². The van der Waals surface area contributed by atoms with Crippen LogP contribution in [-0.2, 0) is 11.0 Å². The number of carbonyl (C=O) groups is 1. The number of aromatic nitrogens is 2. The van der Waals surface area contributed by atoms with Gasteiger partial charge in [0.05, 0.1) is 22.5 Å². The first-order valence-electron chi connectivity index (χ1n) is 11.2. The summed E-state index contributed by atoms with van der Waals surface area (Å²) in [6, 6.07) is 17.3. The van der Waals surface area contributed by atoms with Gasteiger partial charge < -0.3 is 14.6 Å². The molecular weight excluding hydrogens is 473 g/mol. The molecule has 1 unspecified atom stereocenters. The van der Waals surface area contributed by atoms with Gasteiger partial charge in [-0.05, 0) is 81.8 Å². The van der Waals surface area contributed by atoms with Gasteiger partial charge in [-0.25, -0.2) is 9.48 Å². The Morgan fingerprint density at radius 3 is 2.31 bits per heavy atom. The van der Waals surface area contributed by atoms with Gasteiger partial charge in [-0.2, -0.15) is 18.3 Å². The van der Waals surface area contributed by atoms with Crippen molar-refractivity contribution < 1.29 is 32.5 Å². The van der Waals surface area contributed by atoms with Gasteiger partial charge in [0.2, 0.25) is 0 Å². The normalized spacial score (nSPS) is 13.0. The number of carboxylic acids is 1. The summed E-state index contributed by atoms with van der Waals surface area (Å²) in [6.07, 6.45) is -4.96. The monoisotopic (exact) mass is 498 g/mol. The van der Waals surface area contributed by atoms with Gasteiger partial charge in [-0.3, -0.25) is 0 Å². The molecule has 4 aromatic rings. The maximum absolute atomic E-state index is 13.1. The molecule has 188 valence electrons. The molecule has 9 heteroatoms. The van der Waals surface area contributed by atoms with Crippen molar-refractivity contribution in [3.8, 4) is 17.2 Å². The van der Waals surface area contributed by atoms with Gasteiger partial charge in [-0.1, -0.05) is 18.2 Å². The minimum Gasteiger partial charge on any atom is -0.484 e. The number of hydrogen-bond donors (Lipinski definition) is 1. The fourth-order valence-electron chi connectivity index (χ4n) is 3.82. The smallest absolute Gasteiger partial charge is 0.416 e. The van der Waals surface area contributed by atoms with Gasteiger partial charge in [0.1, 0.15) is 17.6 Å². The number of fused-ring (bicyclic) bond motifs is 1. The molecular formula is C27H25F3N2O4. The first-order valence-corrected chi connectivity index (χ1v) is 11.2. The Kier molecular flexibility index (Phi) is 6.43. The van der Waals surface area contributed by atoms with Gasteiger partial charge in [-0.15, -0.1) is 0 Å². The number of halogens is 3. The third-order valence-corrected chi connectivity index (χ3v) is 5.78. The van der Waals surface area contributed by atoms with E-state index in [-0.39, 0.29) is 0 Å². The molecule has 6 nitrogen and oxygen atoms in total. The van der Waals surface area contributed by atoms with E-state index in [0.29, 0.717) is 34.0 Å². The summed E-state index contributed by atoms with van der Waals surface area (Å²) in [7, 11) is 0. The summed E-state index contributed by atoms with van der Waals surface area (Å²) in [6.45, 7) is 6.55. The summed E-state index contributed by atoms with van der Waals surface area (Å²) in [5, 5.41) is 14.7. The van der Waals surface area contributed by atoms with E-state index in [0.717, 1.165) is 17.5 Å². The number of benzene rings is 3. The number of carboxylic acid groups (broad SMARTS) is 1. The number of nitrogens with zero attached hydrogens (tertiary/aromatic N) is 2. The largest absolute Gasteiger partial charge is 0.484 e. The molecule has 36 heavy (non-hydrogen) atoms. The van der Waals surface area contributed by atoms with Crippen molar-refractivity contribution in [2.75, 3.05) is 0 Å². The van der Waals surface area contributed by atoms with Gasteiger partial charge >= 0.3 is 12.1 Å². The molecule has 0 amide bonds. The van der Waals surface area contributed by atoms with E-state index in [1.807, 2.05) is 31.2 Å². The SMILES string of the molecule is Cc1cc(OC(C)c2c3ccccc3nn2-c2ccc(C(F)(F)F)cc2)ccc1OC(C)(C)C(=O)O. The topological polar surface area (TPSA) is 73.6 Å². The number of rotatable bonds is 7. The highest BCUT2D eigenvalue weighted by molar-refractivity contribution is 5.82. The van der Waals surface area contributed by atoms with E-state index in [1.165, 1.54) is 26.0 Å². The van der Waals surface area contributed by atoms with E-state index in [1.54, 1.807) is 29.8 Å². The van der Waals surface area contributed by atoms with Crippen molar-refractivity contribution in [2.45, 2.75) is 45.6 Å². The predicted molar refractivity (Wildman–Crippen MR) is 129 cm³/mol. The number of aliphatic carboxylic acids is 1. The van der Waals surface area contributed by atoms with E-state index >= 15 is 0 Å². The molecule has 0 aliphatic carbocycles. The second-order valence-electron chi connectivity index (χ2n) is 8.96. The Morgan fingerprint density at radius 1 is 1.03 bits per heavy atom. The Balaban J connectivity index is 1.67. The Bertz CT molecular complexity index is 1410. The lowest BCUT2D eigenvalue weighted by Gasteiger charge is -2.23. The van der Waals surface area contributed by atoms with Gasteiger partial charge in [0.25, 0.3) is 0 Å². The molecule has 0 saturated heterocycles. The Hall–Kier alpha value is -4.01. The molecule has 0 fully saturated rings. The fraction of sp³-hybridized carbons (Fsp3) is 0.259. The lowest BCUT2D eigenvalue weighted by molar-refractivity contribution is -0.152. The highest BCUT2D eigenvalue weighted by Gasteiger charge is 2.31. The molecule has 1 N–H and O–H groups in total. The van der Waals surface area contributed by atoms with E-state index in [4.69, 9.17) is 9.47 Å². The lowest BCUT2D eigenvalue weighted by atomic mass is 10.1. The molecule has 1 heterocycles. The van der Waals surface area contributed by atoms with Crippen molar-refractivity contribution in [1.29, 1.82) is 0 Å². The van der Waals surface area contributed by atoms with Crippen molar-refractivity contribution in [1.82, 2.24) is 9.78 Å². The number of alkyl halides is 3. The first kappa shape index (κ1) is 25.1. The number of hydrogen-bond acceptors (Lipinski definition) is 4. The van der Waals surface area contributed by atoms with Crippen LogP contribution in [0, 0.1) is 6.92 Å². The molecule has 3 aromatic carbocycles. The minimum atomic E-state index is -4.43. The average Bonchev–Trinajstić information content (AvgIpc) is 3.20. The van der Waals surface area contributed by atoms with E-state index in [9.17, 15) is 23.1 Å². The van der Waals surface area contributed by atoms with Gasteiger partial charge in [0, 0.05) is 5.39 Å². The van der Waals surface area contributed by atoms with Crippen LogP contribution in [0.3, 0.4) is 0 Å². The Morgan fingerprint density at radius 2 is 1.69 bits per heavy atom. The molecule has 0 saturated carbocycles. The maximum Gasteiger partial charge on any atom is 0.416 e. The van der Waals surface area contributed by atoms with Crippen LogP contribution in [0.25, 0.3) is 16.6 Å². The fourth-order valence-corrected chi connectivity index (χ4v) is 3.82. The molecule has 0 bridgehead atoms. The summed E-state index contributed by atoms with van der Waals surface area (Å²) in [4.78, 5) is 11.4. The van der Waals surface area contributed by atoms with Crippen molar-refractivity contribution >= 4 is 16.9 Å². The van der Waals surface area contributed by atoms with Crippen molar-refractivity contribution in [2.24, 2.45) is 0 Å². The molecule has 1 atom stereocenters. The Labute approximate surface area is 205 Å². The first-order chi connectivity index (χ1) is 16.9. The molecule has 0 aliphatic rings. The summed E-state index contributed by atoms with van der Waals surface area (Å²) < 4.78 is 52.6. The molecule has 4 rings (SSSR count). The number of aryl methyl sites for hydroxylation is 1. The summed E-state index contributed by atoms with van der Waals surface area (Å²) in [5.41, 5.74) is 0.385.